The molecule has 0 bridgehead atoms. The maximum atomic E-state index is 5.93. The molecule has 1 aromatic carbocycles. The van der Waals surface area contributed by atoms with Crippen LogP contribution in [-0.2, 0) is 11.3 Å². The summed E-state index contributed by atoms with van der Waals surface area (Å²) in [5.41, 5.74) is 9.91. The molecule has 1 saturated heterocycles. The van der Waals surface area contributed by atoms with Gasteiger partial charge in [0.05, 0.1) is 30.2 Å². The summed E-state index contributed by atoms with van der Waals surface area (Å²) in [5.74, 6) is 1.39. The number of ether oxygens (including phenoxy) is 1. The Morgan fingerprint density at radius 3 is 2.85 bits per heavy atom. The third kappa shape index (κ3) is 3.52. The molecule has 26 heavy (non-hydrogen) atoms. The van der Waals surface area contributed by atoms with Gasteiger partial charge in [-0.1, -0.05) is 30.3 Å². The van der Waals surface area contributed by atoms with Crippen molar-refractivity contribution in [3.8, 4) is 11.3 Å². The Hall–Kier alpha value is -2.93. The summed E-state index contributed by atoms with van der Waals surface area (Å²) in [4.78, 5) is 10.8. The van der Waals surface area contributed by atoms with E-state index in [1.165, 1.54) is 0 Å². The topological polar surface area (TPSA) is 93.0 Å². The molecule has 0 aliphatic carbocycles. The van der Waals surface area contributed by atoms with E-state index >= 15 is 0 Å². The number of benzene rings is 1. The molecule has 7 heteroatoms. The van der Waals surface area contributed by atoms with E-state index in [9.17, 15) is 0 Å². The van der Waals surface area contributed by atoms with E-state index in [1.54, 1.807) is 0 Å². The lowest BCUT2D eigenvalue weighted by Crippen LogP contribution is -2.20. The maximum Gasteiger partial charge on any atom is 0.222 e. The van der Waals surface area contributed by atoms with E-state index in [4.69, 9.17) is 10.5 Å². The number of nitrogen functional groups attached to an aromatic ring is 1. The van der Waals surface area contributed by atoms with Crippen LogP contribution in [0.3, 0.4) is 0 Å². The molecule has 0 radical (unpaired) electrons. The van der Waals surface area contributed by atoms with Crippen LogP contribution in [0.25, 0.3) is 11.3 Å². The second-order valence-corrected chi connectivity index (χ2v) is 6.57. The van der Waals surface area contributed by atoms with Crippen molar-refractivity contribution in [2.24, 2.45) is 0 Å². The minimum atomic E-state index is 0.296. The van der Waals surface area contributed by atoms with Crippen LogP contribution in [0.5, 0.6) is 0 Å². The maximum absolute atomic E-state index is 5.93. The van der Waals surface area contributed by atoms with Gasteiger partial charge in [-0.2, -0.15) is 10.1 Å². The molecule has 7 nitrogen and oxygen atoms in total. The van der Waals surface area contributed by atoms with E-state index in [2.05, 4.69) is 26.2 Å². The first-order valence-corrected chi connectivity index (χ1v) is 8.72. The Bertz CT molecular complexity index is 873. The second-order valence-electron chi connectivity index (χ2n) is 6.57. The van der Waals surface area contributed by atoms with Gasteiger partial charge in [-0.25, -0.2) is 4.98 Å². The lowest BCUT2D eigenvalue weighted by atomic mass is 10.0. The summed E-state index contributed by atoms with van der Waals surface area (Å²) in [6.45, 7) is 2.12. The van der Waals surface area contributed by atoms with Gasteiger partial charge in [0, 0.05) is 31.2 Å². The van der Waals surface area contributed by atoms with Gasteiger partial charge in [-0.15, -0.1) is 0 Å². The van der Waals surface area contributed by atoms with Gasteiger partial charge in [-0.3, -0.25) is 5.10 Å². The molecule has 0 spiro atoms. The molecule has 1 aliphatic heterocycles. The Kier molecular flexibility index (Phi) is 4.53. The molecule has 3 aromatic rings. The number of nitrogens with one attached hydrogen (secondary N) is 1. The Morgan fingerprint density at radius 1 is 1.23 bits per heavy atom. The summed E-state index contributed by atoms with van der Waals surface area (Å²) in [7, 11) is 1.99. The summed E-state index contributed by atoms with van der Waals surface area (Å²) in [6, 6.07) is 14.2. The average Bonchev–Trinajstić information content (AvgIpc) is 3.34. The van der Waals surface area contributed by atoms with Gasteiger partial charge in [-0.05, 0) is 12.5 Å². The van der Waals surface area contributed by atoms with Crippen LogP contribution in [0.4, 0.5) is 11.8 Å². The number of H-pyrrole nitrogens is 1. The van der Waals surface area contributed by atoms with Crippen molar-refractivity contribution in [3.63, 3.8) is 0 Å². The van der Waals surface area contributed by atoms with E-state index in [1.807, 2.05) is 48.3 Å². The minimum Gasteiger partial charge on any atom is -0.381 e. The Labute approximate surface area is 152 Å². The molecular weight excluding hydrogens is 328 g/mol. The zero-order valence-corrected chi connectivity index (χ0v) is 14.7. The summed E-state index contributed by atoms with van der Waals surface area (Å²) in [6.07, 6.45) is 0.973. The summed E-state index contributed by atoms with van der Waals surface area (Å²) >= 11 is 0. The lowest BCUT2D eigenvalue weighted by molar-refractivity contribution is 0.193. The van der Waals surface area contributed by atoms with Crippen LogP contribution >= 0.6 is 0 Å². The Balaban J connectivity index is 1.51. The molecule has 134 valence electrons. The van der Waals surface area contributed by atoms with Crippen molar-refractivity contribution in [1.82, 2.24) is 20.2 Å². The van der Waals surface area contributed by atoms with Crippen molar-refractivity contribution >= 4 is 11.8 Å². The summed E-state index contributed by atoms with van der Waals surface area (Å²) in [5, 5.41) is 7.51. The number of hydrogen-bond acceptors (Lipinski definition) is 6. The molecular formula is C19H22N6O. The molecule has 1 aliphatic rings. The fourth-order valence-corrected chi connectivity index (χ4v) is 3.18. The molecule has 3 heterocycles. The van der Waals surface area contributed by atoms with Gasteiger partial charge in [0.25, 0.3) is 0 Å². The zero-order valence-electron chi connectivity index (χ0n) is 14.7. The monoisotopic (exact) mass is 350 g/mol. The number of aromatic nitrogens is 4. The van der Waals surface area contributed by atoms with E-state index in [0.717, 1.165) is 41.5 Å². The van der Waals surface area contributed by atoms with Gasteiger partial charge >= 0.3 is 0 Å². The highest BCUT2D eigenvalue weighted by Gasteiger charge is 2.21. The zero-order chi connectivity index (χ0) is 17.9. The lowest BCUT2D eigenvalue weighted by Gasteiger charge is -2.19. The van der Waals surface area contributed by atoms with E-state index in [0.29, 0.717) is 25.0 Å². The Morgan fingerprint density at radius 2 is 2.08 bits per heavy atom. The standard InChI is InChI=1S/C19H22N6O/c1-25(11-15-9-17(24-23-15)13-5-3-2-4-6-13)18-10-16(21-19(20)22-18)14-7-8-26-12-14/h2-6,9-10,14H,7-8,11-12H2,1H3,(H,23,24)(H2,20,21,22). The molecule has 0 saturated carbocycles. The fraction of sp³-hybridized carbons (Fsp3) is 0.316. The van der Waals surface area contributed by atoms with Crippen LogP contribution in [-0.4, -0.2) is 40.4 Å². The quantitative estimate of drug-likeness (QED) is 0.735. The number of nitrogens with two attached hydrogens (primary N) is 1. The van der Waals surface area contributed by atoms with Crippen molar-refractivity contribution < 1.29 is 4.74 Å². The SMILES string of the molecule is CN(Cc1cc(-c2ccccc2)n[nH]1)c1cc(C2CCOC2)nc(N)n1. The van der Waals surface area contributed by atoms with Crippen LogP contribution in [0.1, 0.15) is 23.7 Å². The smallest absolute Gasteiger partial charge is 0.222 e. The van der Waals surface area contributed by atoms with Crippen LogP contribution in [0, 0.1) is 0 Å². The van der Waals surface area contributed by atoms with Crippen molar-refractivity contribution in [2.75, 3.05) is 30.9 Å². The molecule has 0 amide bonds. The van der Waals surface area contributed by atoms with E-state index in [-0.39, 0.29) is 0 Å². The van der Waals surface area contributed by atoms with Crippen molar-refractivity contribution in [1.29, 1.82) is 0 Å². The highest BCUT2D eigenvalue weighted by Crippen LogP contribution is 2.27. The molecule has 1 fully saturated rings. The first kappa shape index (κ1) is 16.5. The van der Waals surface area contributed by atoms with Crippen LogP contribution in [0.2, 0.25) is 0 Å². The van der Waals surface area contributed by atoms with Gasteiger partial charge in [0.1, 0.15) is 5.82 Å². The molecule has 1 unspecified atom stereocenters. The molecule has 4 rings (SSSR count). The van der Waals surface area contributed by atoms with Gasteiger partial charge in [0.2, 0.25) is 5.95 Å². The number of hydrogen-bond donors (Lipinski definition) is 2. The summed E-state index contributed by atoms with van der Waals surface area (Å²) < 4.78 is 5.46. The number of nitrogens with zero attached hydrogens (tertiary/aromatic N) is 4. The first-order chi connectivity index (χ1) is 12.7. The third-order valence-electron chi connectivity index (χ3n) is 4.60. The number of rotatable bonds is 5. The third-order valence-corrected chi connectivity index (χ3v) is 4.60. The van der Waals surface area contributed by atoms with Crippen molar-refractivity contribution in [2.45, 2.75) is 18.9 Å². The predicted octanol–water partition coefficient (Wildman–Crippen LogP) is 2.59. The molecule has 1 atom stereocenters. The highest BCUT2D eigenvalue weighted by atomic mass is 16.5. The second kappa shape index (κ2) is 7.13. The van der Waals surface area contributed by atoms with E-state index < -0.39 is 0 Å². The fourth-order valence-electron chi connectivity index (χ4n) is 3.18. The largest absolute Gasteiger partial charge is 0.381 e. The van der Waals surface area contributed by atoms with Crippen molar-refractivity contribution in [3.05, 3.63) is 53.9 Å². The highest BCUT2D eigenvalue weighted by molar-refractivity contribution is 5.59. The minimum absolute atomic E-state index is 0.296. The molecule has 2 aromatic heterocycles. The molecule has 3 N–H and O–H groups in total. The average molecular weight is 350 g/mol. The number of aromatic amines is 1. The van der Waals surface area contributed by atoms with Gasteiger partial charge in [0.15, 0.2) is 0 Å². The first-order valence-electron chi connectivity index (χ1n) is 8.72. The van der Waals surface area contributed by atoms with Gasteiger partial charge < -0.3 is 15.4 Å². The normalized spacial score (nSPS) is 16.7. The number of anilines is 2. The van der Waals surface area contributed by atoms with Crippen LogP contribution in [0.15, 0.2) is 42.5 Å². The van der Waals surface area contributed by atoms with Crippen LogP contribution < -0.4 is 10.6 Å². The predicted molar refractivity (Wildman–Crippen MR) is 101 cm³/mol.